The van der Waals surface area contributed by atoms with Crippen molar-refractivity contribution in [2.75, 3.05) is 0 Å². The number of rotatable bonds is 5. The Balaban J connectivity index is 0.00000137. The Morgan fingerprint density at radius 1 is 1.17 bits per heavy atom. The molecule has 1 aliphatic rings. The molecule has 1 saturated heterocycles. The molecule has 0 aromatic rings. The number of carbonyl (C=O) groups excluding carboxylic acids is 4. The molecule has 0 aromatic carbocycles. The fourth-order valence-electron chi connectivity index (χ4n) is 1.21. The van der Waals surface area contributed by atoms with Crippen LogP contribution in [0.1, 0.15) is 46.0 Å². The SMILES string of the molecule is CC.NC(=O)CCCC(=O)ON1C(=O)CCC1=O. The minimum absolute atomic E-state index is 0.0556. The topological polar surface area (TPSA) is 107 Å². The largest absolute Gasteiger partial charge is 0.370 e. The highest BCUT2D eigenvalue weighted by molar-refractivity contribution is 6.01. The average molecular weight is 258 g/mol. The fraction of sp³-hybridized carbons (Fsp3) is 0.636. The summed E-state index contributed by atoms with van der Waals surface area (Å²) in [5.41, 5.74) is 4.88. The van der Waals surface area contributed by atoms with Gasteiger partial charge < -0.3 is 10.6 Å². The summed E-state index contributed by atoms with van der Waals surface area (Å²) >= 11 is 0. The third-order valence-corrected chi connectivity index (χ3v) is 2.00. The van der Waals surface area contributed by atoms with Crippen LogP contribution in [0.3, 0.4) is 0 Å². The van der Waals surface area contributed by atoms with E-state index in [1.807, 2.05) is 13.8 Å². The van der Waals surface area contributed by atoms with Gasteiger partial charge in [-0.1, -0.05) is 13.8 Å². The van der Waals surface area contributed by atoms with Crippen molar-refractivity contribution < 1.29 is 24.0 Å². The zero-order chi connectivity index (χ0) is 14.1. The van der Waals surface area contributed by atoms with Crippen LogP contribution in [0, 0.1) is 0 Å². The first-order valence-electron chi connectivity index (χ1n) is 5.85. The van der Waals surface area contributed by atoms with E-state index in [0.717, 1.165) is 0 Å². The van der Waals surface area contributed by atoms with Gasteiger partial charge in [-0.2, -0.15) is 0 Å². The number of carbonyl (C=O) groups is 4. The molecule has 0 unspecified atom stereocenters. The number of primary amides is 1. The summed E-state index contributed by atoms with van der Waals surface area (Å²) < 4.78 is 0. The van der Waals surface area contributed by atoms with Gasteiger partial charge in [0.05, 0.1) is 0 Å². The highest BCUT2D eigenvalue weighted by Gasteiger charge is 2.32. The Kier molecular flexibility index (Phi) is 7.34. The molecule has 0 saturated carbocycles. The molecule has 2 N–H and O–H groups in total. The lowest BCUT2D eigenvalue weighted by Gasteiger charge is -2.11. The molecule has 3 amide bonds. The first kappa shape index (κ1) is 16.1. The van der Waals surface area contributed by atoms with E-state index in [2.05, 4.69) is 4.84 Å². The normalized spacial score (nSPS) is 14.0. The maximum absolute atomic E-state index is 11.2. The minimum Gasteiger partial charge on any atom is -0.370 e. The van der Waals surface area contributed by atoms with Gasteiger partial charge in [0.25, 0.3) is 11.8 Å². The minimum atomic E-state index is -0.718. The molecule has 1 fully saturated rings. The van der Waals surface area contributed by atoms with Gasteiger partial charge in [-0.15, -0.1) is 5.06 Å². The molecule has 0 aromatic heterocycles. The van der Waals surface area contributed by atoms with Crippen molar-refractivity contribution >= 4 is 23.7 Å². The average Bonchev–Trinajstić information content (AvgIpc) is 2.63. The van der Waals surface area contributed by atoms with E-state index in [0.29, 0.717) is 5.06 Å². The van der Waals surface area contributed by atoms with Crippen LogP contribution in [0.2, 0.25) is 0 Å². The molecular formula is C11H18N2O5. The van der Waals surface area contributed by atoms with Crippen LogP contribution in [-0.2, 0) is 24.0 Å². The number of hydrogen-bond donors (Lipinski definition) is 1. The van der Waals surface area contributed by atoms with Crippen molar-refractivity contribution in [3.8, 4) is 0 Å². The lowest BCUT2D eigenvalue weighted by molar-refractivity contribution is -0.197. The zero-order valence-electron chi connectivity index (χ0n) is 10.6. The molecule has 1 rings (SSSR count). The van der Waals surface area contributed by atoms with Gasteiger partial charge in [0.15, 0.2) is 0 Å². The summed E-state index contributed by atoms with van der Waals surface area (Å²) in [5.74, 6) is -2.27. The first-order chi connectivity index (χ1) is 8.50. The van der Waals surface area contributed by atoms with Gasteiger partial charge in [0.1, 0.15) is 0 Å². The second-order valence-corrected chi connectivity index (χ2v) is 3.37. The molecule has 0 aliphatic carbocycles. The second kappa shape index (κ2) is 8.21. The van der Waals surface area contributed by atoms with Crippen LogP contribution < -0.4 is 5.73 Å². The maximum atomic E-state index is 11.2. The van der Waals surface area contributed by atoms with E-state index in [1.54, 1.807) is 0 Å². The molecule has 102 valence electrons. The Hall–Kier alpha value is -1.92. The van der Waals surface area contributed by atoms with E-state index in [1.165, 1.54) is 0 Å². The van der Waals surface area contributed by atoms with Crippen molar-refractivity contribution in [2.24, 2.45) is 5.73 Å². The molecule has 0 bridgehead atoms. The maximum Gasteiger partial charge on any atom is 0.333 e. The Morgan fingerprint density at radius 2 is 1.67 bits per heavy atom. The van der Waals surface area contributed by atoms with Crippen molar-refractivity contribution in [3.63, 3.8) is 0 Å². The van der Waals surface area contributed by atoms with Crippen LogP contribution in [0.25, 0.3) is 0 Å². The van der Waals surface area contributed by atoms with Gasteiger partial charge in [-0.3, -0.25) is 14.4 Å². The zero-order valence-corrected chi connectivity index (χ0v) is 10.6. The summed E-state index contributed by atoms with van der Waals surface area (Å²) in [6, 6.07) is 0. The molecule has 1 aliphatic heterocycles. The standard InChI is InChI=1S/C9H12N2O5.C2H6/c10-6(12)2-1-3-9(15)16-11-7(13)4-5-8(11)14;1-2/h1-5H2,(H2,10,12);1-2H3. The second-order valence-electron chi connectivity index (χ2n) is 3.37. The van der Waals surface area contributed by atoms with Gasteiger partial charge >= 0.3 is 5.97 Å². The summed E-state index contributed by atoms with van der Waals surface area (Å²) in [6.07, 6.45) is 0.377. The fourth-order valence-corrected chi connectivity index (χ4v) is 1.21. The molecule has 0 radical (unpaired) electrons. The highest BCUT2D eigenvalue weighted by Crippen LogP contribution is 2.13. The third-order valence-electron chi connectivity index (χ3n) is 2.00. The third kappa shape index (κ3) is 5.42. The van der Waals surface area contributed by atoms with Gasteiger partial charge in [-0.25, -0.2) is 4.79 Å². The molecule has 7 nitrogen and oxygen atoms in total. The van der Waals surface area contributed by atoms with Gasteiger partial charge in [-0.05, 0) is 6.42 Å². The first-order valence-corrected chi connectivity index (χ1v) is 5.85. The van der Waals surface area contributed by atoms with E-state index >= 15 is 0 Å². The van der Waals surface area contributed by atoms with Crippen molar-refractivity contribution in [3.05, 3.63) is 0 Å². The number of amides is 3. The number of nitrogens with two attached hydrogens (primary N) is 1. The molecule has 0 spiro atoms. The predicted octanol–water partition coefficient (Wildman–Crippen LogP) is 0.275. The van der Waals surface area contributed by atoms with E-state index in [4.69, 9.17) is 5.73 Å². The Bertz CT molecular complexity index is 324. The van der Waals surface area contributed by atoms with E-state index in [9.17, 15) is 19.2 Å². The summed E-state index contributed by atoms with van der Waals surface area (Å²) in [4.78, 5) is 48.2. The van der Waals surface area contributed by atoms with Crippen LogP contribution in [0.4, 0.5) is 0 Å². The molecule has 18 heavy (non-hydrogen) atoms. The van der Waals surface area contributed by atoms with E-state index < -0.39 is 23.7 Å². The van der Waals surface area contributed by atoms with Gasteiger partial charge in [0, 0.05) is 25.7 Å². The van der Waals surface area contributed by atoms with Crippen molar-refractivity contribution in [1.29, 1.82) is 0 Å². The predicted molar refractivity (Wildman–Crippen MR) is 61.6 cm³/mol. The summed E-state index contributed by atoms with van der Waals surface area (Å²) in [5, 5.41) is 0.479. The van der Waals surface area contributed by atoms with Crippen LogP contribution in [0.5, 0.6) is 0 Å². The number of nitrogens with zero attached hydrogens (tertiary/aromatic N) is 1. The van der Waals surface area contributed by atoms with Crippen LogP contribution >= 0.6 is 0 Å². The lowest BCUT2D eigenvalue weighted by atomic mass is 10.2. The summed E-state index contributed by atoms with van der Waals surface area (Å²) in [7, 11) is 0. The smallest absolute Gasteiger partial charge is 0.333 e. The van der Waals surface area contributed by atoms with Gasteiger partial charge in [0.2, 0.25) is 5.91 Å². The molecule has 1 heterocycles. The van der Waals surface area contributed by atoms with Crippen LogP contribution in [-0.4, -0.2) is 28.8 Å². The summed E-state index contributed by atoms with van der Waals surface area (Å²) in [6.45, 7) is 4.00. The number of hydrogen-bond acceptors (Lipinski definition) is 5. The molecular weight excluding hydrogens is 240 g/mol. The molecule has 0 atom stereocenters. The number of imide groups is 1. The van der Waals surface area contributed by atoms with Crippen molar-refractivity contribution in [1.82, 2.24) is 5.06 Å². The Labute approximate surface area is 105 Å². The Morgan fingerprint density at radius 3 is 2.11 bits per heavy atom. The van der Waals surface area contributed by atoms with E-state index in [-0.39, 0.29) is 32.1 Å². The molecule has 7 heteroatoms. The van der Waals surface area contributed by atoms with Crippen LogP contribution in [0.15, 0.2) is 0 Å². The lowest BCUT2D eigenvalue weighted by Crippen LogP contribution is -2.32. The van der Waals surface area contributed by atoms with Crippen molar-refractivity contribution in [2.45, 2.75) is 46.0 Å². The number of hydroxylamine groups is 2. The monoisotopic (exact) mass is 258 g/mol. The quantitative estimate of drug-likeness (QED) is 0.712. The highest BCUT2D eigenvalue weighted by atomic mass is 16.7.